The van der Waals surface area contributed by atoms with E-state index in [1.165, 1.54) is 12.1 Å². The van der Waals surface area contributed by atoms with Gasteiger partial charge in [0.15, 0.2) is 5.82 Å². The fourth-order valence-electron chi connectivity index (χ4n) is 3.86. The number of nitrogens with one attached hydrogen (secondary N) is 1. The number of hydrogen-bond acceptors (Lipinski definition) is 7. The molecule has 0 saturated carbocycles. The van der Waals surface area contributed by atoms with E-state index in [4.69, 9.17) is 15.7 Å². The highest BCUT2D eigenvalue weighted by Crippen LogP contribution is 2.34. The number of nitrogen functional groups attached to an aromatic ring is 1. The molecule has 172 valence electrons. The Morgan fingerprint density at radius 2 is 2.00 bits per heavy atom. The molecule has 0 aliphatic rings. The van der Waals surface area contributed by atoms with Crippen LogP contribution in [0, 0.1) is 17.7 Å². The molecule has 2 aromatic heterocycles. The molecule has 0 spiro atoms. The number of aromatic nitrogens is 3. The number of fused-ring (bicyclic) bond motifs is 3. The van der Waals surface area contributed by atoms with E-state index in [0.717, 1.165) is 41.5 Å². The minimum atomic E-state index is -0.343. The summed E-state index contributed by atoms with van der Waals surface area (Å²) in [4.78, 5) is 8.88. The Morgan fingerprint density at radius 1 is 1.21 bits per heavy atom. The molecule has 0 aliphatic carbocycles. The Hall–Kier alpha value is -3.90. The van der Waals surface area contributed by atoms with Crippen LogP contribution >= 0.6 is 0 Å². The van der Waals surface area contributed by atoms with E-state index in [1.807, 2.05) is 22.8 Å². The molecule has 4 N–H and O–H groups in total. The van der Waals surface area contributed by atoms with Gasteiger partial charge in [0.25, 0.3) is 0 Å². The van der Waals surface area contributed by atoms with Gasteiger partial charge in [-0.2, -0.15) is 4.98 Å². The smallest absolute Gasteiger partial charge is 0.222 e. The van der Waals surface area contributed by atoms with Crippen LogP contribution in [-0.4, -0.2) is 33.3 Å². The van der Waals surface area contributed by atoms with E-state index in [1.54, 1.807) is 13.2 Å². The zero-order chi connectivity index (χ0) is 24.0. The van der Waals surface area contributed by atoms with Crippen LogP contribution in [0.2, 0.25) is 0 Å². The van der Waals surface area contributed by atoms with Crippen molar-refractivity contribution in [3.05, 3.63) is 53.3 Å². The number of unbranched alkanes of at least 4 members (excludes halogenated alkanes) is 1. The van der Waals surface area contributed by atoms with Gasteiger partial charge in [0, 0.05) is 24.1 Å². The SMILES string of the molecule is C#N.CCCCNc1nc(N)nc2c3cc(F)ccc3n(Cc3cc(CO)ccc3OC)c12. The number of nitriles is 1. The molecule has 9 heteroatoms. The average molecular weight is 451 g/mol. The number of nitrogens with two attached hydrogens (primary N) is 1. The lowest BCUT2D eigenvalue weighted by Crippen LogP contribution is -2.09. The largest absolute Gasteiger partial charge is 0.496 e. The van der Waals surface area contributed by atoms with Crippen molar-refractivity contribution in [2.24, 2.45) is 0 Å². The van der Waals surface area contributed by atoms with Crippen molar-refractivity contribution in [3.63, 3.8) is 0 Å². The second-order valence-corrected chi connectivity index (χ2v) is 7.46. The maximum atomic E-state index is 14.1. The summed E-state index contributed by atoms with van der Waals surface area (Å²) < 4.78 is 21.7. The van der Waals surface area contributed by atoms with Crippen LogP contribution in [0.5, 0.6) is 5.75 Å². The van der Waals surface area contributed by atoms with Crippen LogP contribution in [0.4, 0.5) is 16.2 Å². The summed E-state index contributed by atoms with van der Waals surface area (Å²) in [6.07, 6.45) is 2.02. The zero-order valence-electron chi connectivity index (χ0n) is 18.7. The Morgan fingerprint density at radius 3 is 2.70 bits per heavy atom. The number of aliphatic hydroxyl groups excluding tert-OH is 1. The molecule has 4 aromatic rings. The van der Waals surface area contributed by atoms with Gasteiger partial charge in [-0.15, -0.1) is 0 Å². The molecular weight excluding hydrogens is 423 g/mol. The van der Waals surface area contributed by atoms with Crippen molar-refractivity contribution in [2.45, 2.75) is 32.9 Å². The normalized spacial score (nSPS) is 10.7. The van der Waals surface area contributed by atoms with Gasteiger partial charge in [-0.3, -0.25) is 0 Å². The minimum absolute atomic E-state index is 0.0706. The third kappa shape index (κ3) is 4.81. The third-order valence-electron chi connectivity index (χ3n) is 5.35. The summed E-state index contributed by atoms with van der Waals surface area (Å²) in [6.45, 7) is 6.71. The van der Waals surface area contributed by atoms with Gasteiger partial charge in [-0.05, 0) is 42.3 Å². The van der Waals surface area contributed by atoms with Crippen LogP contribution in [0.15, 0.2) is 36.4 Å². The molecule has 33 heavy (non-hydrogen) atoms. The van der Waals surface area contributed by atoms with Gasteiger partial charge in [-0.25, -0.2) is 14.6 Å². The van der Waals surface area contributed by atoms with Crippen molar-refractivity contribution in [1.82, 2.24) is 14.5 Å². The zero-order valence-corrected chi connectivity index (χ0v) is 18.7. The molecule has 0 saturated heterocycles. The molecule has 0 fully saturated rings. The minimum Gasteiger partial charge on any atom is -0.496 e. The molecule has 4 rings (SSSR count). The molecule has 0 amide bonds. The third-order valence-corrected chi connectivity index (χ3v) is 5.35. The summed E-state index contributed by atoms with van der Waals surface area (Å²) in [7, 11) is 1.61. The summed E-state index contributed by atoms with van der Waals surface area (Å²) in [5.41, 5.74) is 9.81. The Labute approximate surface area is 191 Å². The fourth-order valence-corrected chi connectivity index (χ4v) is 3.86. The number of rotatable bonds is 8. The van der Waals surface area contributed by atoms with E-state index in [9.17, 15) is 9.50 Å². The van der Waals surface area contributed by atoms with Crippen LogP contribution < -0.4 is 15.8 Å². The van der Waals surface area contributed by atoms with Gasteiger partial charge in [0.1, 0.15) is 22.6 Å². The molecular formula is C24H27FN6O2. The highest BCUT2D eigenvalue weighted by molar-refractivity contribution is 6.09. The molecule has 2 heterocycles. The van der Waals surface area contributed by atoms with Crippen LogP contribution in [0.25, 0.3) is 21.9 Å². The van der Waals surface area contributed by atoms with E-state index in [0.29, 0.717) is 29.0 Å². The quantitative estimate of drug-likeness (QED) is 0.344. The predicted octanol–water partition coefficient (Wildman–Crippen LogP) is 4.21. The van der Waals surface area contributed by atoms with Crippen LogP contribution in [-0.2, 0) is 13.2 Å². The molecule has 8 nitrogen and oxygen atoms in total. The first-order valence-electron chi connectivity index (χ1n) is 10.6. The van der Waals surface area contributed by atoms with Gasteiger partial charge in [0.2, 0.25) is 5.95 Å². The van der Waals surface area contributed by atoms with Crippen molar-refractivity contribution < 1.29 is 14.2 Å². The lowest BCUT2D eigenvalue weighted by Gasteiger charge is -2.15. The number of nitrogens with zero attached hydrogens (tertiary/aromatic N) is 4. The fraction of sp³-hybridized carbons (Fsp3) is 0.292. The highest BCUT2D eigenvalue weighted by Gasteiger charge is 2.19. The number of hydrogen-bond donors (Lipinski definition) is 3. The average Bonchev–Trinajstić information content (AvgIpc) is 3.13. The first-order chi connectivity index (χ1) is 16.0. The number of methoxy groups -OCH3 is 1. The lowest BCUT2D eigenvalue weighted by molar-refractivity contribution is 0.281. The topological polar surface area (TPSA) is 122 Å². The molecule has 2 aromatic carbocycles. The Balaban J connectivity index is 0.00000149. The van der Waals surface area contributed by atoms with Gasteiger partial charge >= 0.3 is 0 Å². The standard InChI is InChI=1S/C23H26FN5O2.CHN/c1-3-4-9-26-22-21-20(27-23(25)28-22)17-11-16(24)6-7-18(17)29(21)12-15-10-14(13-30)5-8-19(15)31-2;1-2/h5-8,10-11,30H,3-4,9,12-13H2,1-2H3,(H3,25,26,27,28);1H. The Kier molecular flexibility index (Phi) is 7.64. The van der Waals surface area contributed by atoms with Crippen LogP contribution in [0.3, 0.4) is 0 Å². The van der Waals surface area contributed by atoms with E-state index in [-0.39, 0.29) is 18.4 Å². The molecule has 0 aliphatic heterocycles. The number of aliphatic hydroxyl groups is 1. The lowest BCUT2D eigenvalue weighted by atomic mass is 10.1. The highest BCUT2D eigenvalue weighted by atomic mass is 19.1. The van der Waals surface area contributed by atoms with Crippen molar-refractivity contribution >= 4 is 33.7 Å². The summed E-state index contributed by atoms with van der Waals surface area (Å²) in [5.74, 6) is 1.11. The molecule has 0 atom stereocenters. The van der Waals surface area contributed by atoms with E-state index in [2.05, 4.69) is 28.8 Å². The molecule has 0 unspecified atom stereocenters. The molecule has 0 radical (unpaired) electrons. The number of halogens is 1. The second-order valence-electron chi connectivity index (χ2n) is 7.46. The number of anilines is 2. The summed E-state index contributed by atoms with van der Waals surface area (Å²) >= 11 is 0. The summed E-state index contributed by atoms with van der Waals surface area (Å²) in [6, 6.07) is 10.2. The first-order valence-corrected chi connectivity index (χ1v) is 10.6. The van der Waals surface area contributed by atoms with E-state index >= 15 is 0 Å². The second kappa shape index (κ2) is 10.6. The Bertz CT molecular complexity index is 1280. The predicted molar refractivity (Wildman–Crippen MR) is 127 cm³/mol. The maximum absolute atomic E-state index is 14.1. The molecule has 0 bridgehead atoms. The van der Waals surface area contributed by atoms with Gasteiger partial charge in [0.05, 0.1) is 25.8 Å². The van der Waals surface area contributed by atoms with Crippen molar-refractivity contribution in [2.75, 3.05) is 24.7 Å². The van der Waals surface area contributed by atoms with E-state index < -0.39 is 0 Å². The summed E-state index contributed by atoms with van der Waals surface area (Å²) in [5, 5.41) is 20.1. The van der Waals surface area contributed by atoms with Crippen molar-refractivity contribution in [1.29, 1.82) is 5.26 Å². The van der Waals surface area contributed by atoms with Gasteiger partial charge < -0.3 is 25.5 Å². The van der Waals surface area contributed by atoms with Gasteiger partial charge in [-0.1, -0.05) is 19.4 Å². The van der Waals surface area contributed by atoms with Crippen molar-refractivity contribution in [3.8, 4) is 12.3 Å². The number of ether oxygens (including phenoxy) is 1. The first kappa shape index (κ1) is 23.8. The monoisotopic (exact) mass is 450 g/mol. The number of benzene rings is 2. The maximum Gasteiger partial charge on any atom is 0.222 e. The van der Waals surface area contributed by atoms with Crippen LogP contribution in [0.1, 0.15) is 30.9 Å².